The van der Waals surface area contributed by atoms with Gasteiger partial charge in [-0.05, 0) is 69.6 Å². The third-order valence-electron chi connectivity index (χ3n) is 4.54. The van der Waals surface area contributed by atoms with Crippen LogP contribution in [0.3, 0.4) is 0 Å². The quantitative estimate of drug-likeness (QED) is 0.256. The number of benzene rings is 5. The maximum Gasteiger partial charge on any atom is 0.135 e. The van der Waals surface area contributed by atoms with Gasteiger partial charge in [0.1, 0.15) is 11.5 Å². The van der Waals surface area contributed by atoms with E-state index >= 15 is 0 Å². The Morgan fingerprint density at radius 3 is 1.78 bits per heavy atom. The average Bonchev–Trinajstić information content (AvgIpc) is 3.26. The molecule has 152 valence electrons. The Balaban J connectivity index is 1.89. The molecule has 0 unspecified atom stereocenters. The lowest BCUT2D eigenvalue weighted by Crippen LogP contribution is -1.88. The van der Waals surface area contributed by atoms with Crippen LogP contribution in [0.25, 0.3) is 44.5 Å². The maximum atomic E-state index is 9.33. The van der Waals surface area contributed by atoms with Crippen molar-refractivity contribution in [1.82, 2.24) is 0 Å². The van der Waals surface area contributed by atoms with Crippen molar-refractivity contribution in [2.75, 3.05) is 0 Å². The van der Waals surface area contributed by atoms with Crippen LogP contribution in [-0.2, 0) is 0 Å². The van der Waals surface area contributed by atoms with Crippen LogP contribution in [0.4, 0.5) is 0 Å². The first-order valence-electron chi connectivity index (χ1n) is 18.6. The van der Waals surface area contributed by atoms with Crippen LogP contribution in [0.5, 0.6) is 11.5 Å². The SMILES string of the molecule is [2H]c1c([2H])c([2H])c(-c2c([2H])c([2H])c3c(c2[2H])Oc2c([2H])c([2H])c(Cl)c([2H])c2-c2c([2H])c(-c4c([2H])c([2H])c([2H])c([2H])c4[2H])c([2H])c([2H])c2-3)c([2H])c1[2H]. The number of halogens is 1. The predicted octanol–water partition coefficient (Wildman–Crippen LogP) is 9.11. The van der Waals surface area contributed by atoms with Gasteiger partial charge in [-0.1, -0.05) is 90.2 Å². The molecule has 0 fully saturated rings. The third kappa shape index (κ3) is 3.28. The highest BCUT2D eigenvalue weighted by atomic mass is 35.5. The fraction of sp³-hybridized carbons (Fsp3) is 0. The normalized spacial score (nSPS) is 19.8. The van der Waals surface area contributed by atoms with Gasteiger partial charge in [-0.25, -0.2) is 0 Å². The third-order valence-corrected chi connectivity index (χ3v) is 4.73. The van der Waals surface area contributed by atoms with Crippen molar-refractivity contribution in [2.45, 2.75) is 0 Å². The Labute approximate surface area is 219 Å². The first-order chi connectivity index (χ1) is 23.7. The molecule has 0 saturated carbocycles. The highest BCUT2D eigenvalue weighted by Gasteiger charge is 2.22. The Hall–Kier alpha value is -3.81. The summed E-state index contributed by atoms with van der Waals surface area (Å²) in [5.41, 5.74) is -4.91. The van der Waals surface area contributed by atoms with Gasteiger partial charge in [0.2, 0.25) is 0 Å². The van der Waals surface area contributed by atoms with Gasteiger partial charge in [-0.2, -0.15) is 0 Å². The smallest absolute Gasteiger partial charge is 0.135 e. The molecule has 0 amide bonds. The van der Waals surface area contributed by atoms with Crippen LogP contribution in [0.15, 0.2) is 115 Å². The van der Waals surface area contributed by atoms with E-state index in [1.165, 1.54) is 0 Å². The first kappa shape index (κ1) is 7.65. The Morgan fingerprint density at radius 1 is 0.469 bits per heavy atom. The number of hydrogen-bond acceptors (Lipinski definition) is 1. The topological polar surface area (TPSA) is 9.23 Å². The van der Waals surface area contributed by atoms with Crippen molar-refractivity contribution in [3.63, 3.8) is 0 Å². The van der Waals surface area contributed by atoms with Gasteiger partial charge in [0.15, 0.2) is 0 Å². The monoisotopic (exact) mass is 449 g/mol. The van der Waals surface area contributed by atoms with Gasteiger partial charge in [-0.15, -0.1) is 0 Å². The second-order valence-electron chi connectivity index (χ2n) is 6.45. The van der Waals surface area contributed by atoms with E-state index in [4.69, 9.17) is 41.0 Å². The zero-order valence-electron chi connectivity index (χ0n) is 34.8. The summed E-state index contributed by atoms with van der Waals surface area (Å²) in [6.07, 6.45) is 0. The lowest BCUT2D eigenvalue weighted by Gasteiger charge is -2.12. The molecular weight excluding hydrogens is 412 g/mol. The zero-order chi connectivity index (χ0) is 38.0. The second kappa shape index (κ2) is 7.71. The van der Waals surface area contributed by atoms with E-state index in [1.807, 2.05) is 0 Å². The molecule has 32 heavy (non-hydrogen) atoms. The van der Waals surface area contributed by atoms with Gasteiger partial charge < -0.3 is 4.74 Å². The van der Waals surface area contributed by atoms with E-state index in [2.05, 4.69) is 0 Å². The molecule has 2 heteroatoms. The highest BCUT2D eigenvalue weighted by molar-refractivity contribution is 6.31. The van der Waals surface area contributed by atoms with Crippen molar-refractivity contribution in [3.8, 4) is 56.0 Å². The fourth-order valence-electron chi connectivity index (χ4n) is 3.15. The van der Waals surface area contributed by atoms with E-state index in [9.17, 15) is 1.37 Å². The molecule has 5 aromatic rings. The standard InChI is InChI=1S/C30H19ClO/c31-24-13-16-29-28(19-24)27-17-22(20-7-3-1-4-8-20)11-14-25(27)26-15-12-23(18-30(26)32-29)21-9-5-2-6-10-21/h1-19H/i1D,2D,3D,4D,5D,6D,7D,8D,9D,10D,11D,12D,13D,14D,15D,16D,17D,18D,19D. The summed E-state index contributed by atoms with van der Waals surface area (Å²) in [4.78, 5) is 0. The van der Waals surface area contributed by atoms with Gasteiger partial charge >= 0.3 is 0 Å². The largest absolute Gasteiger partial charge is 0.456 e. The minimum absolute atomic E-state index is 0.547. The molecule has 1 nitrogen and oxygen atoms in total. The summed E-state index contributed by atoms with van der Waals surface area (Å²) < 4.78 is 169. The van der Waals surface area contributed by atoms with E-state index in [1.54, 1.807) is 0 Å². The minimum Gasteiger partial charge on any atom is -0.456 e. The summed E-state index contributed by atoms with van der Waals surface area (Å²) in [6, 6.07) is -15.6. The average molecular weight is 450 g/mol. The summed E-state index contributed by atoms with van der Waals surface area (Å²) in [6.45, 7) is 0. The van der Waals surface area contributed by atoms with Crippen LogP contribution in [0.2, 0.25) is 5.02 Å². The molecule has 5 aromatic carbocycles. The van der Waals surface area contributed by atoms with Crippen molar-refractivity contribution in [2.24, 2.45) is 0 Å². The molecule has 0 radical (unpaired) electrons. The summed E-state index contributed by atoms with van der Waals surface area (Å²) >= 11 is 6.29. The summed E-state index contributed by atoms with van der Waals surface area (Å²) in [5, 5.41) is -0.623. The molecule has 0 bridgehead atoms. The summed E-state index contributed by atoms with van der Waals surface area (Å²) in [5.74, 6) is -1.44. The van der Waals surface area contributed by atoms with Crippen LogP contribution in [0.1, 0.15) is 26.0 Å². The number of hydrogen-bond donors (Lipinski definition) is 0. The molecule has 6 rings (SSSR count). The van der Waals surface area contributed by atoms with Gasteiger partial charge in [0.05, 0.1) is 26.0 Å². The van der Waals surface area contributed by atoms with Crippen molar-refractivity contribution in [3.05, 3.63) is 120 Å². The number of fused-ring (bicyclic) bond motifs is 5. The molecule has 0 aromatic heterocycles. The number of rotatable bonds is 2. The molecule has 1 aliphatic heterocycles. The van der Waals surface area contributed by atoms with Crippen LogP contribution < -0.4 is 4.74 Å². The lowest BCUT2D eigenvalue weighted by atomic mass is 9.90. The van der Waals surface area contributed by atoms with E-state index in [0.29, 0.717) is 0 Å². The zero-order valence-corrected chi connectivity index (χ0v) is 16.5. The Bertz CT molecular complexity index is 2400. The molecule has 1 heterocycles. The molecule has 0 aliphatic carbocycles. The minimum atomic E-state index is -0.889. The summed E-state index contributed by atoms with van der Waals surface area (Å²) in [7, 11) is 0. The first-order valence-corrected chi connectivity index (χ1v) is 9.48. The van der Waals surface area contributed by atoms with E-state index in [0.717, 1.165) is 0 Å². The molecular formula is C30H19ClO. The Kier molecular flexibility index (Phi) is 1.84. The van der Waals surface area contributed by atoms with Crippen LogP contribution in [-0.4, -0.2) is 0 Å². The Morgan fingerprint density at radius 2 is 1.09 bits per heavy atom. The highest BCUT2D eigenvalue weighted by Crippen LogP contribution is 2.49. The van der Waals surface area contributed by atoms with Crippen molar-refractivity contribution in [1.29, 1.82) is 0 Å². The van der Waals surface area contributed by atoms with Crippen LogP contribution >= 0.6 is 11.6 Å². The molecule has 1 aliphatic rings. The van der Waals surface area contributed by atoms with E-state index in [-0.39, 0.29) is 0 Å². The maximum absolute atomic E-state index is 9.33. The predicted molar refractivity (Wildman–Crippen MR) is 133 cm³/mol. The van der Waals surface area contributed by atoms with Gasteiger partial charge in [0, 0.05) is 16.1 Å². The molecule has 0 saturated heterocycles. The van der Waals surface area contributed by atoms with Crippen molar-refractivity contribution >= 4 is 11.6 Å². The van der Waals surface area contributed by atoms with E-state index < -0.39 is 176 Å². The van der Waals surface area contributed by atoms with Crippen molar-refractivity contribution < 1.29 is 30.8 Å². The van der Waals surface area contributed by atoms with Crippen LogP contribution in [0, 0.1) is 0 Å². The molecule has 0 spiro atoms. The second-order valence-corrected chi connectivity index (χ2v) is 6.83. The molecule has 0 atom stereocenters. The fourth-order valence-corrected chi connectivity index (χ4v) is 3.29. The molecule has 0 N–H and O–H groups in total. The van der Waals surface area contributed by atoms with Gasteiger partial charge in [-0.3, -0.25) is 0 Å². The lowest BCUT2D eigenvalue weighted by molar-refractivity contribution is 0.488. The van der Waals surface area contributed by atoms with Gasteiger partial charge in [0.25, 0.3) is 0 Å². The number of ether oxygens (including phenoxy) is 1.